The molecule has 0 spiro atoms. The van der Waals surface area contributed by atoms with Crippen LogP contribution in [-0.4, -0.2) is 29.7 Å². The van der Waals surface area contributed by atoms with Gasteiger partial charge in [0.05, 0.1) is 18.6 Å². The first kappa shape index (κ1) is 13.2. The highest BCUT2D eigenvalue weighted by Crippen LogP contribution is 1.99. The summed E-state index contributed by atoms with van der Waals surface area (Å²) in [6.07, 6.45) is 2.87. The van der Waals surface area contributed by atoms with E-state index in [1.165, 1.54) is 0 Å². The fourth-order valence-electron chi connectivity index (χ4n) is 1.34. The van der Waals surface area contributed by atoms with Gasteiger partial charge in [-0.2, -0.15) is 0 Å². The Morgan fingerprint density at radius 3 is 2.88 bits per heavy atom. The van der Waals surface area contributed by atoms with Crippen molar-refractivity contribution < 1.29 is 4.74 Å². The number of aryl methyl sites for hydroxylation is 1. The van der Waals surface area contributed by atoms with Crippen molar-refractivity contribution in [2.24, 2.45) is 5.92 Å². The first-order chi connectivity index (χ1) is 7.70. The van der Waals surface area contributed by atoms with E-state index in [2.05, 4.69) is 29.1 Å². The Labute approximate surface area is 97.8 Å². The van der Waals surface area contributed by atoms with Crippen molar-refractivity contribution in [3.8, 4) is 0 Å². The molecule has 1 aromatic rings. The molecular weight excluding hydrogens is 202 g/mol. The molecule has 1 aromatic heterocycles. The van der Waals surface area contributed by atoms with Gasteiger partial charge in [-0.3, -0.25) is 0 Å². The van der Waals surface area contributed by atoms with Crippen molar-refractivity contribution in [3.63, 3.8) is 0 Å². The van der Waals surface area contributed by atoms with Gasteiger partial charge in [-0.15, -0.1) is 0 Å². The highest BCUT2D eigenvalue weighted by Gasteiger charge is 1.99. The van der Waals surface area contributed by atoms with Crippen LogP contribution in [-0.2, 0) is 11.3 Å². The summed E-state index contributed by atoms with van der Waals surface area (Å²) >= 11 is 0. The zero-order chi connectivity index (χ0) is 11.8. The molecule has 0 amide bonds. The minimum Gasteiger partial charge on any atom is -0.380 e. The first-order valence-corrected chi connectivity index (χ1v) is 5.97. The average molecular weight is 225 g/mol. The van der Waals surface area contributed by atoms with E-state index in [1.54, 1.807) is 6.33 Å². The number of hydrogen-bond donors (Lipinski definition) is 2. The summed E-state index contributed by atoms with van der Waals surface area (Å²) in [7, 11) is 0. The number of aromatic nitrogens is 2. The van der Waals surface area contributed by atoms with E-state index in [-0.39, 0.29) is 0 Å². The van der Waals surface area contributed by atoms with Gasteiger partial charge in [0.2, 0.25) is 0 Å². The number of nitrogens with one attached hydrogen (secondary N) is 2. The zero-order valence-corrected chi connectivity index (χ0v) is 10.5. The van der Waals surface area contributed by atoms with E-state index in [1.807, 2.05) is 6.92 Å². The molecule has 0 unspecified atom stereocenters. The highest BCUT2D eigenvalue weighted by atomic mass is 16.5. The number of nitrogens with zero attached hydrogens (tertiary/aromatic N) is 1. The molecule has 0 radical (unpaired) electrons. The molecule has 0 aliphatic heterocycles. The monoisotopic (exact) mass is 225 g/mol. The number of rotatable bonds is 8. The Morgan fingerprint density at radius 2 is 2.25 bits per heavy atom. The van der Waals surface area contributed by atoms with Crippen molar-refractivity contribution in [2.75, 3.05) is 19.8 Å². The summed E-state index contributed by atoms with van der Waals surface area (Å²) in [6.45, 7) is 9.78. The van der Waals surface area contributed by atoms with Crippen LogP contribution in [0.25, 0.3) is 0 Å². The largest absolute Gasteiger partial charge is 0.380 e. The van der Waals surface area contributed by atoms with Gasteiger partial charge in [0.1, 0.15) is 0 Å². The molecule has 0 aliphatic carbocycles. The predicted molar refractivity (Wildman–Crippen MR) is 65.3 cm³/mol. The van der Waals surface area contributed by atoms with Crippen LogP contribution in [0.15, 0.2) is 6.33 Å². The van der Waals surface area contributed by atoms with E-state index in [4.69, 9.17) is 4.74 Å². The lowest BCUT2D eigenvalue weighted by molar-refractivity contribution is 0.125. The molecule has 0 aliphatic rings. The van der Waals surface area contributed by atoms with Crippen molar-refractivity contribution in [1.29, 1.82) is 0 Å². The van der Waals surface area contributed by atoms with Crippen LogP contribution >= 0.6 is 0 Å². The van der Waals surface area contributed by atoms with Gasteiger partial charge in [-0.1, -0.05) is 13.8 Å². The summed E-state index contributed by atoms with van der Waals surface area (Å²) < 4.78 is 5.50. The molecule has 0 aromatic carbocycles. The SMILES string of the molecule is Cc1[nH]cnc1CNCCOCCC(C)C. The van der Waals surface area contributed by atoms with Crippen LogP contribution in [0, 0.1) is 12.8 Å². The van der Waals surface area contributed by atoms with Crippen molar-refractivity contribution in [3.05, 3.63) is 17.7 Å². The Morgan fingerprint density at radius 1 is 1.44 bits per heavy atom. The molecule has 2 N–H and O–H groups in total. The number of hydrogen-bond acceptors (Lipinski definition) is 3. The zero-order valence-electron chi connectivity index (χ0n) is 10.5. The molecule has 4 nitrogen and oxygen atoms in total. The third-order valence-electron chi connectivity index (χ3n) is 2.49. The third-order valence-corrected chi connectivity index (χ3v) is 2.49. The molecule has 0 fully saturated rings. The summed E-state index contributed by atoms with van der Waals surface area (Å²) in [5, 5.41) is 3.31. The maximum atomic E-state index is 5.50. The standard InChI is InChI=1S/C12H23N3O/c1-10(2)4-6-16-7-5-13-8-12-11(3)14-9-15-12/h9-10,13H,4-8H2,1-3H3,(H,14,15). The summed E-state index contributed by atoms with van der Waals surface area (Å²) in [5.74, 6) is 0.722. The van der Waals surface area contributed by atoms with Crippen molar-refractivity contribution in [1.82, 2.24) is 15.3 Å². The van der Waals surface area contributed by atoms with Crippen molar-refractivity contribution in [2.45, 2.75) is 33.7 Å². The van der Waals surface area contributed by atoms with Crippen molar-refractivity contribution >= 4 is 0 Å². The van der Waals surface area contributed by atoms with E-state index in [0.717, 1.165) is 50.0 Å². The quantitative estimate of drug-likeness (QED) is 0.664. The van der Waals surface area contributed by atoms with E-state index in [9.17, 15) is 0 Å². The second kappa shape index (κ2) is 7.41. The van der Waals surface area contributed by atoms with Gasteiger partial charge in [-0.25, -0.2) is 4.98 Å². The molecule has 1 rings (SSSR count). The van der Waals surface area contributed by atoms with Crippen LogP contribution < -0.4 is 5.32 Å². The van der Waals surface area contributed by atoms with E-state index < -0.39 is 0 Å². The van der Waals surface area contributed by atoms with Crippen LogP contribution in [0.5, 0.6) is 0 Å². The second-order valence-electron chi connectivity index (χ2n) is 4.45. The predicted octanol–water partition coefficient (Wildman–Crippen LogP) is 1.87. The smallest absolute Gasteiger partial charge is 0.0925 e. The van der Waals surface area contributed by atoms with Gasteiger partial charge in [0, 0.05) is 25.4 Å². The van der Waals surface area contributed by atoms with Gasteiger partial charge >= 0.3 is 0 Å². The Hall–Kier alpha value is -0.870. The summed E-state index contributed by atoms with van der Waals surface area (Å²) in [6, 6.07) is 0. The topological polar surface area (TPSA) is 49.9 Å². The Balaban J connectivity index is 1.94. The van der Waals surface area contributed by atoms with Gasteiger partial charge < -0.3 is 15.0 Å². The molecule has 0 saturated carbocycles. The Bertz CT molecular complexity index is 284. The van der Waals surface area contributed by atoms with Gasteiger partial charge in [0.25, 0.3) is 0 Å². The fraction of sp³-hybridized carbons (Fsp3) is 0.750. The van der Waals surface area contributed by atoms with E-state index in [0.29, 0.717) is 0 Å². The third kappa shape index (κ3) is 5.28. The highest BCUT2D eigenvalue weighted by molar-refractivity contribution is 5.07. The normalized spacial score (nSPS) is 11.2. The van der Waals surface area contributed by atoms with Gasteiger partial charge in [0.15, 0.2) is 0 Å². The molecule has 1 heterocycles. The van der Waals surface area contributed by atoms with Gasteiger partial charge in [-0.05, 0) is 19.3 Å². The summed E-state index contributed by atoms with van der Waals surface area (Å²) in [5.41, 5.74) is 2.22. The average Bonchev–Trinajstić information content (AvgIpc) is 2.62. The molecular formula is C12H23N3O. The molecule has 16 heavy (non-hydrogen) atoms. The number of aromatic amines is 1. The van der Waals surface area contributed by atoms with Crippen LogP contribution in [0.4, 0.5) is 0 Å². The lowest BCUT2D eigenvalue weighted by atomic mass is 10.1. The maximum absolute atomic E-state index is 5.50. The fourth-order valence-corrected chi connectivity index (χ4v) is 1.34. The Kier molecular flexibility index (Phi) is 6.11. The molecule has 4 heteroatoms. The lowest BCUT2D eigenvalue weighted by Crippen LogP contribution is -2.20. The van der Waals surface area contributed by atoms with Crippen LogP contribution in [0.3, 0.4) is 0 Å². The lowest BCUT2D eigenvalue weighted by Gasteiger charge is -2.07. The number of imidazole rings is 1. The number of ether oxygens (including phenoxy) is 1. The maximum Gasteiger partial charge on any atom is 0.0925 e. The molecule has 92 valence electrons. The first-order valence-electron chi connectivity index (χ1n) is 5.97. The summed E-state index contributed by atoms with van der Waals surface area (Å²) in [4.78, 5) is 7.27. The second-order valence-corrected chi connectivity index (χ2v) is 4.45. The molecule has 0 bridgehead atoms. The molecule has 0 saturated heterocycles. The number of H-pyrrole nitrogens is 1. The van der Waals surface area contributed by atoms with Crippen LogP contribution in [0.1, 0.15) is 31.7 Å². The minimum absolute atomic E-state index is 0.722. The van der Waals surface area contributed by atoms with Crippen LogP contribution in [0.2, 0.25) is 0 Å². The minimum atomic E-state index is 0.722. The molecule has 0 atom stereocenters. The van der Waals surface area contributed by atoms with E-state index >= 15 is 0 Å².